The number of aliphatic imine (C=N–C) groups is 1. The molecule has 0 aromatic heterocycles. The number of nitrogens with one attached hydrogen (secondary N) is 1. The van der Waals surface area contributed by atoms with Crippen molar-refractivity contribution < 1.29 is 9.53 Å². The monoisotopic (exact) mass is 536 g/mol. The quantitative estimate of drug-likeness (QED) is 0.320. The number of likely N-dealkylation sites (N-methyl/N-ethyl adjacent to an activating group) is 1. The molecule has 168 valence electrons. The molecule has 1 amide bonds. The fraction of sp³-hybridized carbons (Fsp3) is 0.417. The third kappa shape index (κ3) is 8.49. The zero-order valence-corrected chi connectivity index (χ0v) is 20.7. The number of rotatable bonds is 8. The van der Waals surface area contributed by atoms with Crippen LogP contribution in [0.3, 0.4) is 0 Å². The molecule has 0 radical (unpaired) electrons. The molecule has 1 atom stereocenters. The van der Waals surface area contributed by atoms with Gasteiger partial charge in [0.25, 0.3) is 0 Å². The van der Waals surface area contributed by atoms with E-state index in [0.717, 1.165) is 37.6 Å². The van der Waals surface area contributed by atoms with Gasteiger partial charge in [0.2, 0.25) is 5.91 Å². The molecule has 3 rings (SSSR count). The van der Waals surface area contributed by atoms with Gasteiger partial charge in [-0.05, 0) is 17.5 Å². The lowest BCUT2D eigenvalue weighted by atomic mass is 10.1. The molecule has 31 heavy (non-hydrogen) atoms. The number of carbonyl (C=O) groups is 1. The van der Waals surface area contributed by atoms with E-state index < -0.39 is 0 Å². The first kappa shape index (κ1) is 25.1. The molecule has 1 heterocycles. The van der Waals surface area contributed by atoms with Crippen LogP contribution in [0.1, 0.15) is 17.5 Å². The Morgan fingerprint density at radius 1 is 1.10 bits per heavy atom. The van der Waals surface area contributed by atoms with Crippen LogP contribution in [0.25, 0.3) is 0 Å². The normalized spacial score (nSPS) is 16.0. The highest BCUT2D eigenvalue weighted by molar-refractivity contribution is 14.0. The summed E-state index contributed by atoms with van der Waals surface area (Å²) >= 11 is 0. The molecule has 1 aliphatic rings. The van der Waals surface area contributed by atoms with Crippen LogP contribution in [0, 0.1) is 5.92 Å². The summed E-state index contributed by atoms with van der Waals surface area (Å²) in [5.41, 5.74) is 2.35. The van der Waals surface area contributed by atoms with Crippen molar-refractivity contribution in [2.75, 3.05) is 40.3 Å². The maximum atomic E-state index is 12.0. The van der Waals surface area contributed by atoms with Crippen LogP contribution in [0.15, 0.2) is 65.7 Å². The van der Waals surface area contributed by atoms with Gasteiger partial charge in [-0.3, -0.25) is 4.79 Å². The molecular formula is C24H33IN4O2. The SMILES string of the molecule is CN(C)C(=O)CNC(=NCc1ccccc1)N1CCC(COCc2ccccc2)C1.I. The number of guanidine groups is 1. The molecule has 2 aromatic carbocycles. The topological polar surface area (TPSA) is 57.2 Å². The Morgan fingerprint density at radius 2 is 1.74 bits per heavy atom. The number of amides is 1. The summed E-state index contributed by atoms with van der Waals surface area (Å²) in [6.45, 7) is 3.99. The maximum Gasteiger partial charge on any atom is 0.241 e. The summed E-state index contributed by atoms with van der Waals surface area (Å²) in [5, 5.41) is 3.26. The highest BCUT2D eigenvalue weighted by Crippen LogP contribution is 2.18. The van der Waals surface area contributed by atoms with Gasteiger partial charge in [0.05, 0.1) is 26.3 Å². The van der Waals surface area contributed by atoms with Crippen molar-refractivity contribution >= 4 is 35.8 Å². The Balaban J connectivity index is 0.00000341. The van der Waals surface area contributed by atoms with Crippen LogP contribution in [-0.2, 0) is 22.7 Å². The van der Waals surface area contributed by atoms with Gasteiger partial charge in [0.1, 0.15) is 0 Å². The van der Waals surface area contributed by atoms with Crippen LogP contribution in [0.4, 0.5) is 0 Å². The number of benzene rings is 2. The third-order valence-electron chi connectivity index (χ3n) is 5.20. The lowest BCUT2D eigenvalue weighted by Crippen LogP contribution is -2.44. The van der Waals surface area contributed by atoms with Gasteiger partial charge >= 0.3 is 0 Å². The van der Waals surface area contributed by atoms with Crippen molar-refractivity contribution in [3.63, 3.8) is 0 Å². The third-order valence-corrected chi connectivity index (χ3v) is 5.20. The van der Waals surface area contributed by atoms with E-state index in [-0.39, 0.29) is 36.4 Å². The van der Waals surface area contributed by atoms with Crippen molar-refractivity contribution in [1.82, 2.24) is 15.1 Å². The zero-order chi connectivity index (χ0) is 21.2. The van der Waals surface area contributed by atoms with Gasteiger partial charge in [-0.25, -0.2) is 4.99 Å². The average Bonchev–Trinajstić information content (AvgIpc) is 3.23. The fourth-order valence-corrected chi connectivity index (χ4v) is 3.41. The molecule has 1 N–H and O–H groups in total. The molecular weight excluding hydrogens is 503 g/mol. The highest BCUT2D eigenvalue weighted by atomic mass is 127. The number of hydrogen-bond acceptors (Lipinski definition) is 3. The molecule has 1 fully saturated rings. The second-order valence-corrected chi connectivity index (χ2v) is 7.87. The lowest BCUT2D eigenvalue weighted by molar-refractivity contribution is -0.127. The fourth-order valence-electron chi connectivity index (χ4n) is 3.41. The molecule has 1 aliphatic heterocycles. The smallest absolute Gasteiger partial charge is 0.241 e. The van der Waals surface area contributed by atoms with Crippen LogP contribution in [-0.4, -0.2) is 62.0 Å². The van der Waals surface area contributed by atoms with E-state index in [9.17, 15) is 4.79 Å². The second kappa shape index (κ2) is 13.3. The van der Waals surface area contributed by atoms with Crippen molar-refractivity contribution in [2.45, 2.75) is 19.6 Å². The Labute approximate surface area is 202 Å². The van der Waals surface area contributed by atoms with E-state index in [1.165, 1.54) is 5.56 Å². The molecule has 7 heteroatoms. The van der Waals surface area contributed by atoms with Gasteiger partial charge in [0, 0.05) is 33.1 Å². The summed E-state index contributed by atoms with van der Waals surface area (Å²) in [5.74, 6) is 1.28. The minimum absolute atomic E-state index is 0. The van der Waals surface area contributed by atoms with Gasteiger partial charge in [-0.15, -0.1) is 24.0 Å². The Bertz CT molecular complexity index is 815. The summed E-state index contributed by atoms with van der Waals surface area (Å²) in [4.78, 5) is 20.7. The standard InChI is InChI=1S/C24H32N4O2.HI/c1-27(2)23(29)16-26-24(25-15-20-9-5-3-6-10-20)28-14-13-22(17-28)19-30-18-21-11-7-4-8-12-21;/h3-12,22H,13-19H2,1-2H3,(H,25,26);1H. The van der Waals surface area contributed by atoms with E-state index in [4.69, 9.17) is 9.73 Å². The second-order valence-electron chi connectivity index (χ2n) is 7.87. The van der Waals surface area contributed by atoms with Crippen LogP contribution in [0.2, 0.25) is 0 Å². The Kier molecular flexibility index (Phi) is 10.8. The number of ether oxygens (including phenoxy) is 1. The first-order valence-electron chi connectivity index (χ1n) is 10.5. The molecule has 0 saturated carbocycles. The van der Waals surface area contributed by atoms with E-state index in [1.807, 2.05) is 36.4 Å². The summed E-state index contributed by atoms with van der Waals surface area (Å²) in [6, 6.07) is 20.4. The molecule has 6 nitrogen and oxygen atoms in total. The van der Waals surface area contributed by atoms with E-state index in [0.29, 0.717) is 19.1 Å². The number of hydrogen-bond donors (Lipinski definition) is 1. The van der Waals surface area contributed by atoms with Crippen molar-refractivity contribution in [1.29, 1.82) is 0 Å². The van der Waals surface area contributed by atoms with Crippen LogP contribution in [0.5, 0.6) is 0 Å². The summed E-state index contributed by atoms with van der Waals surface area (Å²) in [7, 11) is 3.53. The number of likely N-dealkylation sites (tertiary alicyclic amines) is 1. The minimum Gasteiger partial charge on any atom is -0.376 e. The predicted octanol–water partition coefficient (Wildman–Crippen LogP) is 3.38. The zero-order valence-electron chi connectivity index (χ0n) is 18.4. The van der Waals surface area contributed by atoms with E-state index in [2.05, 4.69) is 34.5 Å². The number of carbonyl (C=O) groups excluding carboxylic acids is 1. The van der Waals surface area contributed by atoms with E-state index in [1.54, 1.807) is 19.0 Å². The minimum atomic E-state index is 0. The molecule has 1 saturated heterocycles. The molecule has 0 bridgehead atoms. The molecule has 2 aromatic rings. The van der Waals surface area contributed by atoms with Crippen molar-refractivity contribution in [3.05, 3.63) is 71.8 Å². The van der Waals surface area contributed by atoms with Gasteiger partial charge < -0.3 is 19.9 Å². The van der Waals surface area contributed by atoms with Gasteiger partial charge in [-0.2, -0.15) is 0 Å². The summed E-state index contributed by atoms with van der Waals surface area (Å²) < 4.78 is 5.94. The summed E-state index contributed by atoms with van der Waals surface area (Å²) in [6.07, 6.45) is 1.06. The molecule has 1 unspecified atom stereocenters. The predicted molar refractivity (Wildman–Crippen MR) is 135 cm³/mol. The highest BCUT2D eigenvalue weighted by Gasteiger charge is 2.25. The first-order chi connectivity index (χ1) is 14.6. The molecule has 0 aliphatic carbocycles. The number of nitrogens with zero attached hydrogens (tertiary/aromatic N) is 3. The van der Waals surface area contributed by atoms with Crippen LogP contribution < -0.4 is 5.32 Å². The Morgan fingerprint density at radius 3 is 2.39 bits per heavy atom. The Hall–Kier alpha value is -2.13. The molecule has 0 spiro atoms. The lowest BCUT2D eigenvalue weighted by Gasteiger charge is -2.23. The van der Waals surface area contributed by atoms with Gasteiger partial charge in [-0.1, -0.05) is 60.7 Å². The van der Waals surface area contributed by atoms with Gasteiger partial charge in [0.15, 0.2) is 5.96 Å². The number of halogens is 1. The maximum absolute atomic E-state index is 12.0. The van der Waals surface area contributed by atoms with Crippen LogP contribution >= 0.6 is 24.0 Å². The largest absolute Gasteiger partial charge is 0.376 e. The van der Waals surface area contributed by atoms with Crippen molar-refractivity contribution in [3.8, 4) is 0 Å². The first-order valence-corrected chi connectivity index (χ1v) is 10.5. The average molecular weight is 536 g/mol. The van der Waals surface area contributed by atoms with Crippen molar-refractivity contribution in [2.24, 2.45) is 10.9 Å². The van der Waals surface area contributed by atoms with E-state index >= 15 is 0 Å².